The number of hydrogen-bond donors (Lipinski definition) is 1. The highest BCUT2D eigenvalue weighted by molar-refractivity contribution is 5.94. The summed E-state index contributed by atoms with van der Waals surface area (Å²) in [4.78, 5) is 17.6. The molecule has 0 unspecified atom stereocenters. The lowest BCUT2D eigenvalue weighted by molar-refractivity contribution is 0.0796. The van der Waals surface area contributed by atoms with Crippen LogP contribution in [0.5, 0.6) is 0 Å². The molecule has 0 aromatic carbocycles. The Morgan fingerprint density at radius 3 is 3.00 bits per heavy atom. The van der Waals surface area contributed by atoms with Crippen molar-refractivity contribution >= 4 is 5.91 Å². The van der Waals surface area contributed by atoms with Crippen molar-refractivity contribution in [1.29, 1.82) is 0 Å². The van der Waals surface area contributed by atoms with Crippen LogP contribution >= 0.6 is 0 Å². The molecule has 4 heteroatoms. The fraction of sp³-hybridized carbons (Fsp3) is 0.333. The van der Waals surface area contributed by atoms with Crippen LogP contribution in [-0.2, 0) is 0 Å². The molecule has 0 aliphatic carbocycles. The van der Waals surface area contributed by atoms with E-state index in [1.807, 2.05) is 6.92 Å². The summed E-state index contributed by atoms with van der Waals surface area (Å²) in [6, 6.07) is 3.52. The van der Waals surface area contributed by atoms with Crippen LogP contribution < -0.4 is 5.73 Å². The first kappa shape index (κ1) is 12.2. The van der Waals surface area contributed by atoms with E-state index < -0.39 is 0 Å². The lowest BCUT2D eigenvalue weighted by atomic mass is 10.2. The molecule has 0 saturated heterocycles. The minimum absolute atomic E-state index is 0.121. The normalized spacial score (nSPS) is 9.19. The molecule has 1 aromatic heterocycles. The van der Waals surface area contributed by atoms with Gasteiger partial charge in [0.05, 0.1) is 12.1 Å². The molecule has 4 nitrogen and oxygen atoms in total. The number of rotatable bonds is 2. The molecule has 84 valence electrons. The minimum atomic E-state index is -0.121. The number of nitrogens with zero attached hydrogens (tertiary/aromatic N) is 2. The van der Waals surface area contributed by atoms with E-state index in [0.29, 0.717) is 17.8 Å². The van der Waals surface area contributed by atoms with Crippen LogP contribution in [0.2, 0.25) is 0 Å². The predicted molar refractivity (Wildman–Crippen MR) is 62.8 cm³/mol. The molecule has 0 fully saturated rings. The number of carbonyl (C=O) groups is 1. The van der Waals surface area contributed by atoms with Crippen molar-refractivity contribution in [2.45, 2.75) is 6.92 Å². The van der Waals surface area contributed by atoms with Crippen molar-refractivity contribution in [2.24, 2.45) is 5.73 Å². The lowest BCUT2D eigenvalue weighted by Gasteiger charge is -2.14. The zero-order chi connectivity index (χ0) is 12.0. The molecule has 0 aliphatic rings. The fourth-order valence-corrected chi connectivity index (χ4v) is 1.15. The Hall–Kier alpha value is -1.86. The minimum Gasteiger partial charge on any atom is -0.341 e. The van der Waals surface area contributed by atoms with E-state index in [-0.39, 0.29) is 12.5 Å². The number of nitrogens with two attached hydrogens (primary N) is 1. The summed E-state index contributed by atoms with van der Waals surface area (Å²) >= 11 is 0. The first-order valence-corrected chi connectivity index (χ1v) is 5.10. The third-order valence-electron chi connectivity index (χ3n) is 2.16. The van der Waals surface area contributed by atoms with E-state index in [2.05, 4.69) is 16.8 Å². The van der Waals surface area contributed by atoms with Crippen LogP contribution in [0.15, 0.2) is 18.3 Å². The van der Waals surface area contributed by atoms with E-state index in [1.54, 1.807) is 30.3 Å². The molecule has 0 bridgehead atoms. The highest BCUT2D eigenvalue weighted by Crippen LogP contribution is 2.06. The predicted octanol–water partition coefficient (Wildman–Crippen LogP) is 0.484. The van der Waals surface area contributed by atoms with Crippen molar-refractivity contribution in [3.8, 4) is 11.8 Å². The standard InChI is InChI=1S/C12H15N3O/c1-3-15(2)12(16)11-10(6-4-8-13)7-5-9-14-11/h5,7,9H,3,8,13H2,1-2H3. The third-order valence-corrected chi connectivity index (χ3v) is 2.16. The average molecular weight is 217 g/mol. The van der Waals surface area contributed by atoms with Gasteiger partial charge in [0.15, 0.2) is 0 Å². The van der Waals surface area contributed by atoms with Gasteiger partial charge in [-0.3, -0.25) is 4.79 Å². The molecule has 1 aromatic rings. The topological polar surface area (TPSA) is 59.2 Å². The van der Waals surface area contributed by atoms with Crippen molar-refractivity contribution < 1.29 is 4.79 Å². The van der Waals surface area contributed by atoms with Crippen LogP contribution in [0.3, 0.4) is 0 Å². The molecule has 0 radical (unpaired) electrons. The van der Waals surface area contributed by atoms with E-state index >= 15 is 0 Å². The van der Waals surface area contributed by atoms with Crippen molar-refractivity contribution in [1.82, 2.24) is 9.88 Å². The first-order chi connectivity index (χ1) is 7.70. The Labute approximate surface area is 95.5 Å². The van der Waals surface area contributed by atoms with Gasteiger partial charge >= 0.3 is 0 Å². The van der Waals surface area contributed by atoms with Crippen LogP contribution in [-0.4, -0.2) is 35.9 Å². The largest absolute Gasteiger partial charge is 0.341 e. The molecule has 0 spiro atoms. The van der Waals surface area contributed by atoms with Gasteiger partial charge in [0.2, 0.25) is 0 Å². The number of amides is 1. The Morgan fingerprint density at radius 2 is 2.38 bits per heavy atom. The summed E-state index contributed by atoms with van der Waals surface area (Å²) in [5.41, 5.74) is 6.30. The van der Waals surface area contributed by atoms with Crippen LogP contribution in [0.4, 0.5) is 0 Å². The Morgan fingerprint density at radius 1 is 1.62 bits per heavy atom. The van der Waals surface area contributed by atoms with E-state index in [4.69, 9.17) is 5.73 Å². The van der Waals surface area contributed by atoms with Crippen LogP contribution in [0.25, 0.3) is 0 Å². The van der Waals surface area contributed by atoms with E-state index in [0.717, 1.165) is 0 Å². The third kappa shape index (κ3) is 2.81. The first-order valence-electron chi connectivity index (χ1n) is 5.10. The Balaban J connectivity index is 3.08. The van der Waals surface area contributed by atoms with Crippen molar-refractivity contribution in [2.75, 3.05) is 20.1 Å². The highest BCUT2D eigenvalue weighted by atomic mass is 16.2. The number of carbonyl (C=O) groups excluding carboxylic acids is 1. The van der Waals surface area contributed by atoms with Gasteiger partial charge in [-0.1, -0.05) is 11.8 Å². The number of aromatic nitrogens is 1. The lowest BCUT2D eigenvalue weighted by Crippen LogP contribution is -2.27. The summed E-state index contributed by atoms with van der Waals surface area (Å²) in [6.07, 6.45) is 1.59. The van der Waals surface area contributed by atoms with Gasteiger partial charge in [0.1, 0.15) is 5.69 Å². The zero-order valence-corrected chi connectivity index (χ0v) is 9.53. The second kappa shape index (κ2) is 5.89. The molecule has 0 atom stereocenters. The molecule has 16 heavy (non-hydrogen) atoms. The van der Waals surface area contributed by atoms with Crippen LogP contribution in [0.1, 0.15) is 23.0 Å². The van der Waals surface area contributed by atoms with Gasteiger partial charge in [-0.25, -0.2) is 4.98 Å². The van der Waals surface area contributed by atoms with Crippen molar-refractivity contribution in [3.63, 3.8) is 0 Å². The monoisotopic (exact) mass is 217 g/mol. The molecule has 1 amide bonds. The van der Waals surface area contributed by atoms with E-state index in [9.17, 15) is 4.79 Å². The molecule has 2 N–H and O–H groups in total. The molecular weight excluding hydrogens is 202 g/mol. The molecular formula is C12H15N3O. The summed E-state index contributed by atoms with van der Waals surface area (Å²) in [7, 11) is 1.73. The maximum absolute atomic E-state index is 11.9. The smallest absolute Gasteiger partial charge is 0.273 e. The molecule has 1 rings (SSSR count). The maximum atomic E-state index is 11.9. The van der Waals surface area contributed by atoms with Gasteiger partial charge in [0.25, 0.3) is 5.91 Å². The van der Waals surface area contributed by atoms with Crippen LogP contribution in [0, 0.1) is 11.8 Å². The second-order valence-electron chi connectivity index (χ2n) is 3.22. The highest BCUT2D eigenvalue weighted by Gasteiger charge is 2.14. The maximum Gasteiger partial charge on any atom is 0.273 e. The second-order valence-corrected chi connectivity index (χ2v) is 3.22. The fourth-order valence-electron chi connectivity index (χ4n) is 1.15. The Bertz CT molecular complexity index is 431. The molecule has 1 heterocycles. The average Bonchev–Trinajstić information content (AvgIpc) is 2.34. The number of hydrogen-bond acceptors (Lipinski definition) is 3. The van der Waals surface area contributed by atoms with Gasteiger partial charge in [-0.15, -0.1) is 0 Å². The quantitative estimate of drug-likeness (QED) is 0.733. The molecule has 0 saturated carbocycles. The number of pyridine rings is 1. The summed E-state index contributed by atoms with van der Waals surface area (Å²) in [5.74, 6) is 5.45. The summed E-state index contributed by atoms with van der Waals surface area (Å²) < 4.78 is 0. The Kier molecular flexibility index (Phi) is 4.49. The summed E-state index contributed by atoms with van der Waals surface area (Å²) in [5, 5.41) is 0. The SMILES string of the molecule is CCN(C)C(=O)c1ncccc1C#CCN. The van der Waals surface area contributed by atoms with Crippen molar-refractivity contribution in [3.05, 3.63) is 29.6 Å². The zero-order valence-electron chi connectivity index (χ0n) is 9.53. The van der Waals surface area contributed by atoms with Gasteiger partial charge in [-0.05, 0) is 19.1 Å². The van der Waals surface area contributed by atoms with E-state index in [1.165, 1.54) is 0 Å². The van der Waals surface area contributed by atoms with Gasteiger partial charge in [-0.2, -0.15) is 0 Å². The molecule has 0 aliphatic heterocycles. The van der Waals surface area contributed by atoms with Gasteiger partial charge < -0.3 is 10.6 Å². The van der Waals surface area contributed by atoms with Gasteiger partial charge in [0, 0.05) is 19.8 Å². The summed E-state index contributed by atoms with van der Waals surface area (Å²) in [6.45, 7) is 2.82.